The second-order valence-corrected chi connectivity index (χ2v) is 4.22. The van der Waals surface area contributed by atoms with Crippen molar-refractivity contribution in [1.29, 1.82) is 0 Å². The monoisotopic (exact) mass is 251 g/mol. The first-order valence-electron chi connectivity index (χ1n) is 6.47. The van der Waals surface area contributed by atoms with Crippen molar-refractivity contribution in [2.24, 2.45) is 0 Å². The summed E-state index contributed by atoms with van der Waals surface area (Å²) in [6.45, 7) is 6.63. The minimum Gasteiger partial charge on any atom is -0.495 e. The minimum absolute atomic E-state index is 0.623. The van der Waals surface area contributed by atoms with Gasteiger partial charge in [0.2, 0.25) is 5.88 Å². The van der Waals surface area contributed by atoms with E-state index in [1.807, 2.05) is 13.0 Å². The molecule has 0 saturated carbocycles. The predicted octanol–water partition coefficient (Wildman–Crippen LogP) is 1.29. The minimum atomic E-state index is 0.623. The molecule has 1 aliphatic rings. The third kappa shape index (κ3) is 3.04. The maximum atomic E-state index is 5.60. The molecule has 0 spiro atoms. The number of anilines is 1. The molecule has 0 aliphatic carbocycles. The number of hydrogen-bond acceptors (Lipinski definition) is 5. The molecular weight excluding hydrogens is 230 g/mol. The van der Waals surface area contributed by atoms with Gasteiger partial charge in [-0.15, -0.1) is 0 Å². The summed E-state index contributed by atoms with van der Waals surface area (Å²) in [6, 6.07) is 2.00. The van der Waals surface area contributed by atoms with Gasteiger partial charge < -0.3 is 19.7 Å². The Hall–Kier alpha value is -1.49. The summed E-state index contributed by atoms with van der Waals surface area (Å²) in [6.07, 6.45) is 2.83. The molecule has 0 amide bonds. The smallest absolute Gasteiger partial charge is 0.237 e. The van der Waals surface area contributed by atoms with E-state index in [1.165, 1.54) is 0 Å². The highest BCUT2D eigenvalue weighted by atomic mass is 16.5. The van der Waals surface area contributed by atoms with Gasteiger partial charge in [0.15, 0.2) is 0 Å². The summed E-state index contributed by atoms with van der Waals surface area (Å²) in [4.78, 5) is 6.64. The van der Waals surface area contributed by atoms with E-state index in [-0.39, 0.29) is 0 Å². The second kappa shape index (κ2) is 6.44. The van der Waals surface area contributed by atoms with Gasteiger partial charge in [-0.2, -0.15) is 0 Å². The summed E-state index contributed by atoms with van der Waals surface area (Å²) in [5, 5.41) is 3.39. The molecule has 0 unspecified atom stereocenters. The maximum absolute atomic E-state index is 5.60. The lowest BCUT2D eigenvalue weighted by Gasteiger charge is -2.24. The van der Waals surface area contributed by atoms with Crippen molar-refractivity contribution in [3.63, 3.8) is 0 Å². The SMILES string of the molecule is CCOc1ncc(OC)cc1N1CCCNCC1. The molecule has 2 heterocycles. The van der Waals surface area contributed by atoms with Crippen LogP contribution in [0.3, 0.4) is 0 Å². The fourth-order valence-corrected chi connectivity index (χ4v) is 2.09. The van der Waals surface area contributed by atoms with E-state index >= 15 is 0 Å². The van der Waals surface area contributed by atoms with Gasteiger partial charge in [-0.1, -0.05) is 0 Å². The van der Waals surface area contributed by atoms with Crippen LogP contribution in [0.4, 0.5) is 5.69 Å². The van der Waals surface area contributed by atoms with Crippen LogP contribution < -0.4 is 19.7 Å². The lowest BCUT2D eigenvalue weighted by atomic mass is 10.3. The number of pyridine rings is 1. The molecule has 0 radical (unpaired) electrons. The molecule has 5 nitrogen and oxygen atoms in total. The Morgan fingerprint density at radius 1 is 1.39 bits per heavy atom. The van der Waals surface area contributed by atoms with Gasteiger partial charge in [0, 0.05) is 25.7 Å². The van der Waals surface area contributed by atoms with Gasteiger partial charge in [-0.25, -0.2) is 4.98 Å². The lowest BCUT2D eigenvalue weighted by Crippen LogP contribution is -2.28. The van der Waals surface area contributed by atoms with Crippen LogP contribution in [-0.4, -0.2) is 44.9 Å². The average Bonchev–Trinajstić information content (AvgIpc) is 2.68. The van der Waals surface area contributed by atoms with Crippen LogP contribution in [0, 0.1) is 0 Å². The molecule has 1 aromatic heterocycles. The van der Waals surface area contributed by atoms with Crippen molar-refractivity contribution in [2.45, 2.75) is 13.3 Å². The van der Waals surface area contributed by atoms with Crippen molar-refractivity contribution in [1.82, 2.24) is 10.3 Å². The van der Waals surface area contributed by atoms with Gasteiger partial charge in [0.05, 0.1) is 19.9 Å². The van der Waals surface area contributed by atoms with Crippen molar-refractivity contribution >= 4 is 5.69 Å². The molecule has 5 heteroatoms. The summed E-state index contributed by atoms with van der Waals surface area (Å²) >= 11 is 0. The Balaban J connectivity index is 2.25. The number of nitrogens with zero attached hydrogens (tertiary/aromatic N) is 2. The molecule has 1 aromatic rings. The van der Waals surface area contributed by atoms with E-state index in [4.69, 9.17) is 9.47 Å². The summed E-state index contributed by atoms with van der Waals surface area (Å²) in [5.74, 6) is 1.46. The molecule has 100 valence electrons. The van der Waals surface area contributed by atoms with Crippen LogP contribution in [0.1, 0.15) is 13.3 Å². The van der Waals surface area contributed by atoms with E-state index in [0.29, 0.717) is 12.5 Å². The fourth-order valence-electron chi connectivity index (χ4n) is 2.09. The first-order valence-corrected chi connectivity index (χ1v) is 6.47. The molecule has 0 aromatic carbocycles. The Morgan fingerprint density at radius 2 is 2.28 bits per heavy atom. The third-order valence-corrected chi connectivity index (χ3v) is 3.00. The highest BCUT2D eigenvalue weighted by Gasteiger charge is 2.16. The number of hydrogen-bond donors (Lipinski definition) is 1. The van der Waals surface area contributed by atoms with Crippen LogP contribution in [-0.2, 0) is 0 Å². The zero-order valence-corrected chi connectivity index (χ0v) is 11.1. The largest absolute Gasteiger partial charge is 0.495 e. The van der Waals surface area contributed by atoms with Crippen LogP contribution in [0.15, 0.2) is 12.3 Å². The molecule has 1 N–H and O–H groups in total. The topological polar surface area (TPSA) is 46.6 Å². The van der Waals surface area contributed by atoms with E-state index < -0.39 is 0 Å². The lowest BCUT2D eigenvalue weighted by molar-refractivity contribution is 0.325. The van der Waals surface area contributed by atoms with Crippen LogP contribution >= 0.6 is 0 Å². The second-order valence-electron chi connectivity index (χ2n) is 4.22. The molecule has 2 rings (SSSR count). The van der Waals surface area contributed by atoms with Gasteiger partial charge in [-0.05, 0) is 19.9 Å². The van der Waals surface area contributed by atoms with Crippen LogP contribution in [0.25, 0.3) is 0 Å². The Bertz CT molecular complexity index is 376. The Morgan fingerprint density at radius 3 is 3.06 bits per heavy atom. The van der Waals surface area contributed by atoms with Crippen LogP contribution in [0.2, 0.25) is 0 Å². The van der Waals surface area contributed by atoms with E-state index in [9.17, 15) is 0 Å². The van der Waals surface area contributed by atoms with Crippen LogP contribution in [0.5, 0.6) is 11.6 Å². The molecule has 0 bridgehead atoms. The van der Waals surface area contributed by atoms with Crippen molar-refractivity contribution in [3.8, 4) is 11.6 Å². The molecular formula is C13H21N3O2. The summed E-state index contributed by atoms with van der Waals surface area (Å²) in [7, 11) is 1.66. The normalized spacial score (nSPS) is 16.2. The Labute approximate surface area is 108 Å². The quantitative estimate of drug-likeness (QED) is 0.873. The molecule has 1 aliphatic heterocycles. The summed E-state index contributed by atoms with van der Waals surface area (Å²) in [5.41, 5.74) is 1.03. The Kier molecular flexibility index (Phi) is 4.64. The molecule has 0 atom stereocenters. The van der Waals surface area contributed by atoms with Gasteiger partial charge in [0.25, 0.3) is 0 Å². The number of rotatable bonds is 4. The number of ether oxygens (including phenoxy) is 2. The van der Waals surface area contributed by atoms with Crippen molar-refractivity contribution < 1.29 is 9.47 Å². The van der Waals surface area contributed by atoms with E-state index in [0.717, 1.165) is 44.0 Å². The number of aromatic nitrogens is 1. The predicted molar refractivity (Wildman–Crippen MR) is 71.7 cm³/mol. The number of methoxy groups -OCH3 is 1. The number of nitrogens with one attached hydrogen (secondary N) is 1. The zero-order valence-electron chi connectivity index (χ0n) is 11.1. The van der Waals surface area contributed by atoms with Crippen molar-refractivity contribution in [2.75, 3.05) is 44.8 Å². The zero-order chi connectivity index (χ0) is 12.8. The van der Waals surface area contributed by atoms with E-state index in [1.54, 1.807) is 13.3 Å². The average molecular weight is 251 g/mol. The highest BCUT2D eigenvalue weighted by molar-refractivity contribution is 5.58. The maximum Gasteiger partial charge on any atom is 0.237 e. The molecule has 1 saturated heterocycles. The summed E-state index contributed by atoms with van der Waals surface area (Å²) < 4.78 is 10.9. The van der Waals surface area contributed by atoms with Crippen molar-refractivity contribution in [3.05, 3.63) is 12.3 Å². The van der Waals surface area contributed by atoms with Gasteiger partial charge in [-0.3, -0.25) is 0 Å². The highest BCUT2D eigenvalue weighted by Crippen LogP contribution is 2.30. The first-order chi connectivity index (χ1) is 8.85. The third-order valence-electron chi connectivity index (χ3n) is 3.00. The van der Waals surface area contributed by atoms with E-state index in [2.05, 4.69) is 15.2 Å². The standard InChI is InChI=1S/C13H21N3O2/c1-3-18-13-12(9-11(17-2)10-15-13)16-7-4-5-14-6-8-16/h9-10,14H,3-8H2,1-2H3. The first kappa shape index (κ1) is 13.0. The van der Waals surface area contributed by atoms with Gasteiger partial charge in [0.1, 0.15) is 11.4 Å². The molecule has 1 fully saturated rings. The van der Waals surface area contributed by atoms with Gasteiger partial charge >= 0.3 is 0 Å². The fraction of sp³-hybridized carbons (Fsp3) is 0.615. The molecule has 18 heavy (non-hydrogen) atoms.